The molecule has 10 heteroatoms. The lowest BCUT2D eigenvalue weighted by molar-refractivity contribution is -0.116. The van der Waals surface area contributed by atoms with Crippen LogP contribution in [0.2, 0.25) is 0 Å². The van der Waals surface area contributed by atoms with Gasteiger partial charge in [-0.25, -0.2) is 14.3 Å². The molecular formula is C26H29N5O5. The van der Waals surface area contributed by atoms with Crippen molar-refractivity contribution in [1.82, 2.24) is 18.7 Å². The number of hydrogen-bond donors (Lipinski definition) is 1. The van der Waals surface area contributed by atoms with Crippen molar-refractivity contribution in [1.29, 1.82) is 0 Å². The fourth-order valence-electron chi connectivity index (χ4n) is 4.06. The van der Waals surface area contributed by atoms with Crippen molar-refractivity contribution in [2.75, 3.05) is 19.5 Å². The maximum Gasteiger partial charge on any atom is 0.333 e. The minimum absolute atomic E-state index is 0.209. The normalized spacial score (nSPS) is 11.1. The van der Waals surface area contributed by atoms with Crippen molar-refractivity contribution in [3.63, 3.8) is 0 Å². The topological polar surface area (TPSA) is 109 Å². The fraction of sp³-hybridized carbons (Fsp3) is 0.308. The zero-order valence-corrected chi connectivity index (χ0v) is 20.7. The van der Waals surface area contributed by atoms with E-state index in [1.54, 1.807) is 29.1 Å². The van der Waals surface area contributed by atoms with E-state index >= 15 is 0 Å². The lowest BCUT2D eigenvalue weighted by atomic mass is 10.2. The molecule has 2 aromatic heterocycles. The number of anilines is 1. The van der Waals surface area contributed by atoms with Crippen molar-refractivity contribution in [2.24, 2.45) is 5.92 Å². The van der Waals surface area contributed by atoms with Gasteiger partial charge in [0.05, 0.1) is 32.8 Å². The predicted octanol–water partition coefficient (Wildman–Crippen LogP) is 2.72. The van der Waals surface area contributed by atoms with E-state index in [0.717, 1.165) is 10.1 Å². The Bertz CT molecular complexity index is 1500. The molecule has 0 fully saturated rings. The Labute approximate surface area is 207 Å². The lowest BCUT2D eigenvalue weighted by Crippen LogP contribution is -2.43. The smallest absolute Gasteiger partial charge is 0.333 e. The van der Waals surface area contributed by atoms with Gasteiger partial charge in [0.15, 0.2) is 11.2 Å². The van der Waals surface area contributed by atoms with Gasteiger partial charge in [-0.3, -0.25) is 14.2 Å². The van der Waals surface area contributed by atoms with E-state index in [-0.39, 0.29) is 18.0 Å². The summed E-state index contributed by atoms with van der Waals surface area (Å²) in [5, 5.41) is 2.72. The van der Waals surface area contributed by atoms with E-state index in [0.29, 0.717) is 29.4 Å². The Kier molecular flexibility index (Phi) is 7.23. The van der Waals surface area contributed by atoms with Crippen molar-refractivity contribution in [2.45, 2.75) is 33.5 Å². The van der Waals surface area contributed by atoms with Crippen LogP contribution in [0.5, 0.6) is 11.5 Å². The molecule has 10 nitrogen and oxygen atoms in total. The molecule has 0 bridgehead atoms. The van der Waals surface area contributed by atoms with Gasteiger partial charge in [0, 0.05) is 12.6 Å². The number of imidazole rings is 1. The number of hydrogen-bond acceptors (Lipinski definition) is 6. The number of ether oxygens (including phenoxy) is 2. The highest BCUT2D eigenvalue weighted by atomic mass is 16.5. The zero-order chi connectivity index (χ0) is 25.8. The predicted molar refractivity (Wildman–Crippen MR) is 137 cm³/mol. The Morgan fingerprint density at radius 3 is 2.44 bits per heavy atom. The van der Waals surface area contributed by atoms with Gasteiger partial charge in [0.1, 0.15) is 18.0 Å². The quantitative estimate of drug-likeness (QED) is 0.386. The van der Waals surface area contributed by atoms with Gasteiger partial charge in [-0.05, 0) is 23.6 Å². The van der Waals surface area contributed by atoms with Gasteiger partial charge in [0.2, 0.25) is 5.91 Å². The van der Waals surface area contributed by atoms with Gasteiger partial charge in [-0.1, -0.05) is 44.2 Å². The third-order valence-corrected chi connectivity index (χ3v) is 5.71. The molecule has 0 aliphatic heterocycles. The lowest BCUT2D eigenvalue weighted by Gasteiger charge is -2.15. The zero-order valence-electron chi connectivity index (χ0n) is 20.7. The highest BCUT2D eigenvalue weighted by Gasteiger charge is 2.21. The first kappa shape index (κ1) is 24.8. The molecule has 0 radical (unpaired) electrons. The van der Waals surface area contributed by atoms with Gasteiger partial charge in [0.25, 0.3) is 5.56 Å². The summed E-state index contributed by atoms with van der Waals surface area (Å²) in [5.74, 6) is 0.630. The van der Waals surface area contributed by atoms with Gasteiger partial charge >= 0.3 is 5.69 Å². The maximum atomic E-state index is 13.5. The monoisotopic (exact) mass is 491 g/mol. The van der Waals surface area contributed by atoms with Crippen LogP contribution in [0.3, 0.4) is 0 Å². The highest BCUT2D eigenvalue weighted by molar-refractivity contribution is 5.92. The second-order valence-electron chi connectivity index (χ2n) is 8.82. The summed E-state index contributed by atoms with van der Waals surface area (Å²) in [6.45, 7) is 4.33. The van der Waals surface area contributed by atoms with Crippen LogP contribution in [0, 0.1) is 5.92 Å². The first-order valence-corrected chi connectivity index (χ1v) is 11.6. The van der Waals surface area contributed by atoms with Crippen molar-refractivity contribution in [3.8, 4) is 11.5 Å². The molecule has 36 heavy (non-hydrogen) atoms. The molecule has 0 saturated carbocycles. The number of nitrogens with zero attached hydrogens (tertiary/aromatic N) is 4. The average molecular weight is 492 g/mol. The molecule has 0 atom stereocenters. The van der Waals surface area contributed by atoms with Crippen LogP contribution < -0.4 is 26.0 Å². The summed E-state index contributed by atoms with van der Waals surface area (Å²) >= 11 is 0. The molecule has 2 heterocycles. The minimum atomic E-state index is -0.612. The summed E-state index contributed by atoms with van der Waals surface area (Å²) in [6, 6.07) is 14.4. The Morgan fingerprint density at radius 2 is 1.78 bits per heavy atom. The summed E-state index contributed by atoms with van der Waals surface area (Å²) in [7, 11) is 2.99. The molecule has 1 amide bonds. The van der Waals surface area contributed by atoms with E-state index in [2.05, 4.69) is 10.3 Å². The number of methoxy groups -OCH3 is 2. The SMILES string of the molecule is COc1ccc(OC)c(NC(=O)Cn2c(=O)c3c(ncn3CC(C)C)n(Cc3ccccc3)c2=O)c1. The van der Waals surface area contributed by atoms with Crippen molar-refractivity contribution in [3.05, 3.63) is 81.3 Å². The number of fused-ring (bicyclic) bond motifs is 1. The second kappa shape index (κ2) is 10.5. The van der Waals surface area contributed by atoms with Crippen LogP contribution in [-0.2, 0) is 24.4 Å². The molecule has 0 saturated heterocycles. The number of aromatic nitrogens is 4. The standard InChI is InChI=1S/C26H29N5O5/c1-17(2)13-29-16-27-24-23(29)25(33)31(26(34)30(24)14-18-8-6-5-7-9-18)15-22(32)28-20-12-19(35-3)10-11-21(20)36-4/h5-12,16-17H,13-15H2,1-4H3,(H,28,32). The van der Waals surface area contributed by atoms with Crippen LogP contribution in [0.1, 0.15) is 19.4 Å². The van der Waals surface area contributed by atoms with Gasteiger partial charge in [-0.15, -0.1) is 0 Å². The van der Waals surface area contributed by atoms with E-state index in [1.807, 2.05) is 44.2 Å². The first-order valence-electron chi connectivity index (χ1n) is 11.6. The number of nitrogens with one attached hydrogen (secondary N) is 1. The maximum absolute atomic E-state index is 13.5. The van der Waals surface area contributed by atoms with Crippen LogP contribution in [0.25, 0.3) is 11.2 Å². The Hall–Kier alpha value is -4.34. The molecule has 0 spiro atoms. The Morgan fingerprint density at radius 1 is 1.03 bits per heavy atom. The molecule has 4 rings (SSSR count). The third-order valence-electron chi connectivity index (χ3n) is 5.71. The molecule has 0 aliphatic rings. The number of amides is 1. The number of carbonyl (C=O) groups is 1. The highest BCUT2D eigenvalue weighted by Crippen LogP contribution is 2.28. The minimum Gasteiger partial charge on any atom is -0.497 e. The van der Waals surface area contributed by atoms with Crippen LogP contribution in [-0.4, -0.2) is 38.8 Å². The molecule has 1 N–H and O–H groups in total. The average Bonchev–Trinajstić information content (AvgIpc) is 3.27. The molecule has 188 valence electrons. The summed E-state index contributed by atoms with van der Waals surface area (Å²) in [6.07, 6.45) is 1.57. The largest absolute Gasteiger partial charge is 0.497 e. The van der Waals surface area contributed by atoms with Crippen LogP contribution in [0.4, 0.5) is 5.69 Å². The van der Waals surface area contributed by atoms with E-state index in [1.165, 1.54) is 18.8 Å². The molecule has 4 aromatic rings. The Balaban J connectivity index is 1.78. The second-order valence-corrected chi connectivity index (χ2v) is 8.82. The van der Waals surface area contributed by atoms with Gasteiger partial charge in [-0.2, -0.15) is 0 Å². The number of benzene rings is 2. The molecular weight excluding hydrogens is 462 g/mol. The fourth-order valence-corrected chi connectivity index (χ4v) is 4.06. The van der Waals surface area contributed by atoms with Gasteiger partial charge < -0.3 is 19.4 Å². The van der Waals surface area contributed by atoms with Crippen LogP contribution >= 0.6 is 0 Å². The third kappa shape index (κ3) is 5.02. The van der Waals surface area contributed by atoms with Crippen molar-refractivity contribution >= 4 is 22.8 Å². The summed E-state index contributed by atoms with van der Waals surface area (Å²) < 4.78 is 14.7. The van der Waals surface area contributed by atoms with E-state index < -0.39 is 23.7 Å². The number of rotatable bonds is 9. The van der Waals surface area contributed by atoms with E-state index in [4.69, 9.17) is 9.47 Å². The molecule has 2 aromatic carbocycles. The van der Waals surface area contributed by atoms with E-state index in [9.17, 15) is 14.4 Å². The van der Waals surface area contributed by atoms with Crippen LogP contribution in [0.15, 0.2) is 64.4 Å². The van der Waals surface area contributed by atoms with Crippen molar-refractivity contribution < 1.29 is 14.3 Å². The number of carbonyl (C=O) groups excluding carboxylic acids is 1. The summed E-state index contributed by atoms with van der Waals surface area (Å²) in [5.41, 5.74) is 0.635. The molecule has 0 unspecified atom stereocenters. The summed E-state index contributed by atoms with van der Waals surface area (Å²) in [4.78, 5) is 44.4. The first-order chi connectivity index (χ1) is 17.3. The molecule has 0 aliphatic carbocycles.